The number of alkyl halides is 2. The maximum absolute atomic E-state index is 15.3. The largest absolute Gasteiger partial charge is 0.496 e. The van der Waals surface area contributed by atoms with Crippen molar-refractivity contribution in [2.45, 2.75) is 18.4 Å². The molecule has 0 saturated heterocycles. The van der Waals surface area contributed by atoms with E-state index in [1.165, 1.54) is 37.4 Å². The maximum Gasteiger partial charge on any atom is 0.283 e. The minimum absolute atomic E-state index is 0.00641. The lowest BCUT2D eigenvalue weighted by Gasteiger charge is -2.12. The molecule has 14 heteroatoms. The molecular weight excluding hydrogens is 522 g/mol. The molecule has 0 bridgehead atoms. The number of halogens is 4. The van der Waals surface area contributed by atoms with Crippen LogP contribution in [0.25, 0.3) is 27.9 Å². The molecule has 39 heavy (non-hydrogen) atoms. The summed E-state index contributed by atoms with van der Waals surface area (Å²) in [6, 6.07) is 6.69. The average Bonchev–Trinajstić information content (AvgIpc) is 3.29. The Morgan fingerprint density at radius 3 is 2.62 bits per heavy atom. The molecular formula is C25H19F4N7O3. The summed E-state index contributed by atoms with van der Waals surface area (Å²) in [5.74, 6) is -6.81. The third-order valence-electron chi connectivity index (χ3n) is 6.06. The third kappa shape index (κ3) is 4.71. The molecule has 2 heterocycles. The number of anilines is 2. The first-order valence-electron chi connectivity index (χ1n) is 11.3. The van der Waals surface area contributed by atoms with Gasteiger partial charge in [-0.05, 0) is 35.9 Å². The van der Waals surface area contributed by atoms with Gasteiger partial charge in [0.15, 0.2) is 11.6 Å². The number of nitrogens with one attached hydrogen (secondary N) is 2. The smallest absolute Gasteiger partial charge is 0.283 e. The Bertz CT molecular complexity index is 1670. The zero-order valence-corrected chi connectivity index (χ0v) is 20.1. The first-order valence-corrected chi connectivity index (χ1v) is 11.3. The Morgan fingerprint density at radius 2 is 1.97 bits per heavy atom. The number of methoxy groups -OCH3 is 1. The second-order valence-corrected chi connectivity index (χ2v) is 8.67. The van der Waals surface area contributed by atoms with Gasteiger partial charge in [-0.2, -0.15) is 0 Å². The van der Waals surface area contributed by atoms with Crippen LogP contribution in [0.5, 0.6) is 5.75 Å². The van der Waals surface area contributed by atoms with Gasteiger partial charge in [-0.25, -0.2) is 22.5 Å². The Kier molecular flexibility index (Phi) is 6.17. The van der Waals surface area contributed by atoms with Crippen LogP contribution in [0.3, 0.4) is 0 Å². The minimum atomic E-state index is -2.95. The molecule has 0 radical (unpaired) electrons. The fraction of sp³-hybridized carbons (Fsp3) is 0.160. The number of hydrogen-bond donors (Lipinski definition) is 3. The number of nitrogens with zero attached hydrogens (tertiary/aromatic N) is 4. The van der Waals surface area contributed by atoms with Crippen molar-refractivity contribution in [3.63, 3.8) is 0 Å². The van der Waals surface area contributed by atoms with E-state index >= 15 is 4.39 Å². The van der Waals surface area contributed by atoms with Crippen LogP contribution >= 0.6 is 0 Å². The van der Waals surface area contributed by atoms with E-state index in [1.54, 1.807) is 0 Å². The first kappa shape index (κ1) is 25.6. The van der Waals surface area contributed by atoms with Crippen LogP contribution in [0.1, 0.15) is 16.8 Å². The molecule has 1 aliphatic carbocycles. The molecule has 10 nitrogen and oxygen atoms in total. The van der Waals surface area contributed by atoms with Gasteiger partial charge in [0.25, 0.3) is 17.7 Å². The number of ether oxygens (including phenoxy) is 1. The Balaban J connectivity index is 1.60. The van der Waals surface area contributed by atoms with Gasteiger partial charge < -0.3 is 21.1 Å². The van der Waals surface area contributed by atoms with Gasteiger partial charge in [0.1, 0.15) is 29.1 Å². The van der Waals surface area contributed by atoms with E-state index in [0.29, 0.717) is 5.56 Å². The number of carbonyl (C=O) groups is 2. The predicted octanol–water partition coefficient (Wildman–Crippen LogP) is 3.75. The number of benzene rings is 2. The first-order chi connectivity index (χ1) is 18.5. The molecule has 0 spiro atoms. The number of nitrogen functional groups attached to an aromatic ring is 1. The van der Waals surface area contributed by atoms with E-state index in [1.807, 2.05) is 0 Å². The van der Waals surface area contributed by atoms with E-state index in [4.69, 9.17) is 10.5 Å². The summed E-state index contributed by atoms with van der Waals surface area (Å²) in [6.45, 7) is 2.89. The van der Waals surface area contributed by atoms with E-state index in [0.717, 1.165) is 17.0 Å². The Morgan fingerprint density at radius 1 is 1.23 bits per heavy atom. The quantitative estimate of drug-likeness (QED) is 0.240. The number of amides is 2. The monoisotopic (exact) mass is 541 g/mol. The molecule has 2 amide bonds. The highest BCUT2D eigenvalue weighted by Crippen LogP contribution is 2.43. The van der Waals surface area contributed by atoms with Crippen LogP contribution in [0.15, 0.2) is 55.1 Å². The van der Waals surface area contributed by atoms with Gasteiger partial charge in [-0.3, -0.25) is 9.59 Å². The number of hydrogen-bond acceptors (Lipinski definition) is 7. The van der Waals surface area contributed by atoms with Crippen molar-refractivity contribution >= 4 is 28.8 Å². The Hall–Kier alpha value is -5.01. The number of aromatic nitrogens is 4. The normalized spacial score (nSPS) is 15.6. The third-order valence-corrected chi connectivity index (χ3v) is 6.06. The second-order valence-electron chi connectivity index (χ2n) is 8.67. The number of nitrogens with two attached hydrogens (primary N) is 1. The summed E-state index contributed by atoms with van der Waals surface area (Å²) >= 11 is 0. The molecule has 2 aromatic carbocycles. The highest BCUT2D eigenvalue weighted by Gasteiger charge is 2.58. The molecule has 1 unspecified atom stereocenters. The summed E-state index contributed by atoms with van der Waals surface area (Å²) in [5.41, 5.74) is 7.00. The van der Waals surface area contributed by atoms with Crippen LogP contribution in [-0.2, 0) is 4.79 Å². The molecule has 1 aliphatic rings. The average molecular weight is 541 g/mol. The molecule has 2 aromatic heterocycles. The molecule has 4 aromatic rings. The maximum atomic E-state index is 15.3. The van der Waals surface area contributed by atoms with Crippen molar-refractivity contribution in [2.24, 2.45) is 0 Å². The summed E-state index contributed by atoms with van der Waals surface area (Å²) < 4.78 is 61.5. The lowest BCUT2D eigenvalue weighted by molar-refractivity contribution is -0.114. The van der Waals surface area contributed by atoms with Crippen LogP contribution in [0.4, 0.5) is 29.1 Å². The molecule has 1 fully saturated rings. The van der Waals surface area contributed by atoms with Crippen LogP contribution < -0.4 is 21.1 Å². The summed E-state index contributed by atoms with van der Waals surface area (Å²) in [7, 11) is 1.30. The van der Waals surface area contributed by atoms with Crippen molar-refractivity contribution in [3.05, 3.63) is 66.5 Å². The molecule has 200 valence electrons. The van der Waals surface area contributed by atoms with Gasteiger partial charge in [-0.15, -0.1) is 14.8 Å². The molecule has 4 N–H and O–H groups in total. The van der Waals surface area contributed by atoms with Crippen LogP contribution in [0.2, 0.25) is 0 Å². The summed E-state index contributed by atoms with van der Waals surface area (Å²) in [5, 5.41) is 12.8. The zero-order chi connectivity index (χ0) is 28.1. The van der Waals surface area contributed by atoms with Crippen molar-refractivity contribution < 1.29 is 31.9 Å². The number of carbonyl (C=O) groups excluding carboxylic acids is 2. The second kappa shape index (κ2) is 9.38. The number of fused-ring (bicyclic) bond motifs is 1. The zero-order valence-electron chi connectivity index (χ0n) is 20.1. The Labute approximate surface area is 217 Å². The standard InChI is InChI=1S/C25H19F4N7O3/c1-11(26)23(37)33-13-4-6-14(16(27)8-13)20-19(21-22(30)31-10-32-36(21)35-20)12-3-5-15(17(7-12)39-2)24(38)34-18-9-25(18,28)29/h3-8,10,18H,1,9H2,2H3,(H,33,37)(H,34,38)(H2,30,31,32). The van der Waals surface area contributed by atoms with E-state index in [9.17, 15) is 22.8 Å². The van der Waals surface area contributed by atoms with Crippen molar-refractivity contribution in [1.29, 1.82) is 0 Å². The van der Waals surface area contributed by atoms with Crippen LogP contribution in [0, 0.1) is 5.82 Å². The molecule has 0 aliphatic heterocycles. The number of rotatable bonds is 7. The summed E-state index contributed by atoms with van der Waals surface area (Å²) in [4.78, 5) is 28.2. The van der Waals surface area contributed by atoms with Gasteiger partial charge >= 0.3 is 0 Å². The molecule has 1 atom stereocenters. The van der Waals surface area contributed by atoms with Gasteiger partial charge in [0, 0.05) is 23.2 Å². The van der Waals surface area contributed by atoms with E-state index in [-0.39, 0.29) is 45.2 Å². The topological polar surface area (TPSA) is 137 Å². The van der Waals surface area contributed by atoms with Gasteiger partial charge in [0.05, 0.1) is 18.7 Å². The SMILES string of the molecule is C=C(F)C(=O)Nc1ccc(-c2nn3ncnc(N)c3c2-c2ccc(C(=O)NC3CC3(F)F)c(OC)c2)c(F)c1. The van der Waals surface area contributed by atoms with Gasteiger partial charge in [0.2, 0.25) is 0 Å². The van der Waals surface area contributed by atoms with Crippen LogP contribution in [-0.4, -0.2) is 50.7 Å². The fourth-order valence-corrected chi connectivity index (χ4v) is 4.00. The molecule has 1 saturated carbocycles. The highest BCUT2D eigenvalue weighted by atomic mass is 19.3. The predicted molar refractivity (Wildman–Crippen MR) is 132 cm³/mol. The minimum Gasteiger partial charge on any atom is -0.496 e. The highest BCUT2D eigenvalue weighted by molar-refractivity contribution is 6.02. The van der Waals surface area contributed by atoms with E-state index < -0.39 is 41.8 Å². The van der Waals surface area contributed by atoms with Crippen molar-refractivity contribution in [3.8, 4) is 28.1 Å². The lowest BCUT2D eigenvalue weighted by Crippen LogP contribution is -2.29. The van der Waals surface area contributed by atoms with Crippen molar-refractivity contribution in [2.75, 3.05) is 18.2 Å². The molecule has 5 rings (SSSR count). The van der Waals surface area contributed by atoms with Gasteiger partial charge in [-0.1, -0.05) is 12.6 Å². The lowest BCUT2D eigenvalue weighted by atomic mass is 9.97. The summed E-state index contributed by atoms with van der Waals surface area (Å²) in [6.07, 6.45) is 0.712. The van der Waals surface area contributed by atoms with E-state index in [2.05, 4.69) is 32.4 Å². The fourth-order valence-electron chi connectivity index (χ4n) is 4.00. The van der Waals surface area contributed by atoms with Crippen molar-refractivity contribution in [1.82, 2.24) is 25.1 Å².